The van der Waals surface area contributed by atoms with Gasteiger partial charge in [-0.05, 0) is 36.6 Å². The first-order valence-corrected chi connectivity index (χ1v) is 8.25. The van der Waals surface area contributed by atoms with Gasteiger partial charge in [-0.25, -0.2) is 0 Å². The van der Waals surface area contributed by atoms with Gasteiger partial charge < -0.3 is 4.74 Å². The summed E-state index contributed by atoms with van der Waals surface area (Å²) in [6.45, 7) is 2.05. The van der Waals surface area contributed by atoms with Gasteiger partial charge >= 0.3 is 0 Å². The molecule has 102 valence electrons. The monoisotopic (exact) mass is 348 g/mol. The summed E-state index contributed by atoms with van der Waals surface area (Å²) in [5.41, 5.74) is 2.38. The molecule has 2 aliphatic heterocycles. The summed E-state index contributed by atoms with van der Waals surface area (Å²) in [5.74, 6) is 0.976. The van der Waals surface area contributed by atoms with E-state index in [2.05, 4.69) is 51.4 Å². The van der Waals surface area contributed by atoms with Crippen molar-refractivity contribution in [3.05, 3.63) is 50.6 Å². The molecule has 0 N–H and O–H groups in total. The fourth-order valence-electron chi connectivity index (χ4n) is 2.83. The number of rotatable bonds is 1. The van der Waals surface area contributed by atoms with Crippen molar-refractivity contribution in [2.75, 3.05) is 0 Å². The summed E-state index contributed by atoms with van der Waals surface area (Å²) in [7, 11) is 0. The Morgan fingerprint density at radius 3 is 3.10 bits per heavy atom. The Balaban J connectivity index is 1.76. The number of ether oxygens (including phenoxy) is 1. The number of hydrazone groups is 1. The van der Waals surface area contributed by atoms with Crippen molar-refractivity contribution in [2.45, 2.75) is 25.6 Å². The molecule has 2 aromatic rings. The lowest BCUT2D eigenvalue weighted by molar-refractivity contribution is -0.00339. The number of hydrogen-bond acceptors (Lipinski definition) is 4. The fourth-order valence-corrected chi connectivity index (χ4v) is 3.93. The average Bonchev–Trinajstić information content (AvgIpc) is 3.08. The first-order valence-electron chi connectivity index (χ1n) is 6.58. The summed E-state index contributed by atoms with van der Waals surface area (Å²) < 4.78 is 7.05. The van der Waals surface area contributed by atoms with Gasteiger partial charge in [-0.2, -0.15) is 5.10 Å². The predicted molar refractivity (Wildman–Crippen MR) is 84.3 cm³/mol. The van der Waals surface area contributed by atoms with Crippen LogP contribution in [0.1, 0.15) is 29.8 Å². The molecule has 0 bridgehead atoms. The van der Waals surface area contributed by atoms with Gasteiger partial charge in [0.2, 0.25) is 0 Å². The van der Waals surface area contributed by atoms with Crippen LogP contribution in [-0.4, -0.2) is 16.9 Å². The van der Waals surface area contributed by atoms with Gasteiger partial charge in [-0.1, -0.05) is 22.0 Å². The number of nitrogens with zero attached hydrogens (tertiary/aromatic N) is 2. The standard InChI is InChI=1S/C15H13BrN2OS/c1-9-18-13(8-12(17-18)15-3-2-6-20-15)11-7-10(16)4-5-14(11)19-9/h2-7,9,13H,8H2,1H3/t9-,13-/m0/s1. The summed E-state index contributed by atoms with van der Waals surface area (Å²) in [4.78, 5) is 1.25. The second-order valence-electron chi connectivity index (χ2n) is 5.02. The lowest BCUT2D eigenvalue weighted by Gasteiger charge is -2.36. The minimum absolute atomic E-state index is 0.0221. The Labute approximate surface area is 130 Å². The van der Waals surface area contributed by atoms with Gasteiger partial charge in [-0.3, -0.25) is 5.01 Å². The topological polar surface area (TPSA) is 24.8 Å². The van der Waals surface area contributed by atoms with Crippen LogP contribution in [0.4, 0.5) is 0 Å². The van der Waals surface area contributed by atoms with Crippen molar-refractivity contribution in [3.63, 3.8) is 0 Å². The normalized spacial score (nSPS) is 23.9. The van der Waals surface area contributed by atoms with Crippen LogP contribution in [0, 0.1) is 0 Å². The molecule has 3 heterocycles. The number of halogens is 1. The van der Waals surface area contributed by atoms with Gasteiger partial charge in [0.05, 0.1) is 16.6 Å². The van der Waals surface area contributed by atoms with Crippen molar-refractivity contribution in [3.8, 4) is 5.75 Å². The zero-order chi connectivity index (χ0) is 13.7. The Kier molecular flexibility index (Phi) is 2.86. The van der Waals surface area contributed by atoms with Crippen molar-refractivity contribution >= 4 is 33.0 Å². The molecule has 4 rings (SSSR count). The van der Waals surface area contributed by atoms with E-state index in [4.69, 9.17) is 9.84 Å². The van der Waals surface area contributed by atoms with Crippen LogP contribution >= 0.6 is 27.3 Å². The molecule has 5 heteroatoms. The Hall–Kier alpha value is -1.33. The van der Waals surface area contributed by atoms with Crippen LogP contribution < -0.4 is 4.74 Å². The Morgan fingerprint density at radius 1 is 1.40 bits per heavy atom. The van der Waals surface area contributed by atoms with Gasteiger partial charge in [0, 0.05) is 16.5 Å². The van der Waals surface area contributed by atoms with E-state index >= 15 is 0 Å². The molecule has 20 heavy (non-hydrogen) atoms. The molecule has 0 amide bonds. The second-order valence-corrected chi connectivity index (χ2v) is 6.89. The molecule has 0 aliphatic carbocycles. The van der Waals surface area contributed by atoms with Gasteiger partial charge in [0.1, 0.15) is 5.75 Å². The molecule has 2 aliphatic rings. The lowest BCUT2D eigenvalue weighted by Crippen LogP contribution is -2.37. The van der Waals surface area contributed by atoms with Crippen LogP contribution in [0.25, 0.3) is 0 Å². The van der Waals surface area contributed by atoms with E-state index in [0.717, 1.165) is 22.4 Å². The van der Waals surface area contributed by atoms with Crippen molar-refractivity contribution < 1.29 is 4.74 Å². The minimum atomic E-state index is -0.0221. The van der Waals surface area contributed by atoms with Crippen LogP contribution in [0.5, 0.6) is 5.75 Å². The van der Waals surface area contributed by atoms with Gasteiger partial charge in [0.25, 0.3) is 0 Å². The van der Waals surface area contributed by atoms with Crippen LogP contribution in [0.3, 0.4) is 0 Å². The summed E-state index contributed by atoms with van der Waals surface area (Å²) >= 11 is 5.29. The third-order valence-corrected chi connectivity index (χ3v) is 5.16. The van der Waals surface area contributed by atoms with Crippen LogP contribution in [-0.2, 0) is 0 Å². The van der Waals surface area contributed by atoms with E-state index in [1.807, 2.05) is 12.1 Å². The molecule has 0 unspecified atom stereocenters. The molecule has 1 aromatic carbocycles. The summed E-state index contributed by atoms with van der Waals surface area (Å²) in [6, 6.07) is 10.7. The highest BCUT2D eigenvalue weighted by molar-refractivity contribution is 9.10. The molecule has 0 radical (unpaired) electrons. The molecule has 1 aromatic heterocycles. The summed E-state index contributed by atoms with van der Waals surface area (Å²) in [5, 5.41) is 8.97. The molecular weight excluding hydrogens is 336 g/mol. The average molecular weight is 349 g/mol. The van der Waals surface area contributed by atoms with Gasteiger partial charge in [0.15, 0.2) is 6.23 Å². The highest BCUT2D eigenvalue weighted by Crippen LogP contribution is 2.44. The van der Waals surface area contributed by atoms with E-state index in [-0.39, 0.29) is 12.3 Å². The molecule has 0 spiro atoms. The number of fused-ring (bicyclic) bond motifs is 3. The van der Waals surface area contributed by atoms with E-state index in [9.17, 15) is 0 Å². The maximum atomic E-state index is 5.97. The zero-order valence-corrected chi connectivity index (χ0v) is 13.3. The SMILES string of the molecule is C[C@@H]1Oc2ccc(Br)cc2[C@@H]2CC(c3cccs3)=NN12. The zero-order valence-electron chi connectivity index (χ0n) is 10.9. The van der Waals surface area contributed by atoms with E-state index in [0.29, 0.717) is 0 Å². The molecule has 2 atom stereocenters. The smallest absolute Gasteiger partial charge is 0.185 e. The van der Waals surface area contributed by atoms with Crippen LogP contribution in [0.15, 0.2) is 45.3 Å². The van der Waals surface area contributed by atoms with E-state index < -0.39 is 0 Å². The highest BCUT2D eigenvalue weighted by Gasteiger charge is 2.38. The maximum absolute atomic E-state index is 5.97. The summed E-state index contributed by atoms with van der Waals surface area (Å²) in [6.07, 6.45) is 0.920. The fraction of sp³-hybridized carbons (Fsp3) is 0.267. The van der Waals surface area contributed by atoms with Crippen LogP contribution in [0.2, 0.25) is 0 Å². The quantitative estimate of drug-likeness (QED) is 0.762. The Morgan fingerprint density at radius 2 is 2.30 bits per heavy atom. The number of benzene rings is 1. The maximum Gasteiger partial charge on any atom is 0.185 e. The number of thiophene rings is 1. The lowest BCUT2D eigenvalue weighted by atomic mass is 9.99. The highest BCUT2D eigenvalue weighted by atomic mass is 79.9. The van der Waals surface area contributed by atoms with E-state index in [1.165, 1.54) is 10.4 Å². The number of hydrogen-bond donors (Lipinski definition) is 0. The predicted octanol–water partition coefficient (Wildman–Crippen LogP) is 4.40. The van der Waals surface area contributed by atoms with Crippen molar-refractivity contribution in [1.29, 1.82) is 0 Å². The minimum Gasteiger partial charge on any atom is -0.469 e. The molecule has 0 fully saturated rings. The van der Waals surface area contributed by atoms with Crippen molar-refractivity contribution in [1.82, 2.24) is 5.01 Å². The van der Waals surface area contributed by atoms with E-state index in [1.54, 1.807) is 11.3 Å². The second kappa shape index (κ2) is 4.60. The first kappa shape index (κ1) is 12.4. The van der Waals surface area contributed by atoms with Gasteiger partial charge in [-0.15, -0.1) is 11.3 Å². The molecule has 0 saturated carbocycles. The third kappa shape index (κ3) is 1.88. The largest absolute Gasteiger partial charge is 0.469 e. The third-order valence-electron chi connectivity index (χ3n) is 3.75. The van der Waals surface area contributed by atoms with Crippen molar-refractivity contribution in [2.24, 2.45) is 5.10 Å². The molecule has 3 nitrogen and oxygen atoms in total. The first-order chi connectivity index (χ1) is 9.72. The molecular formula is C15H13BrN2OS. The Bertz CT molecular complexity index is 683. The molecule has 0 saturated heterocycles.